The molecule has 2 amide bonds. The predicted molar refractivity (Wildman–Crippen MR) is 140 cm³/mol. The SMILES string of the molecule is CCN(CC1=C[IH](C(F)(F)F)=CC=C(c2cc(CC(=O)OC)ccc2OC)C1)C(=O)N1CCCC1. The van der Waals surface area contributed by atoms with E-state index in [9.17, 15) is 22.8 Å². The fraction of sp³-hybridized carbons (Fsp3) is 0.480. The summed E-state index contributed by atoms with van der Waals surface area (Å²) >= 11 is -3.77. The number of hydrogen-bond acceptors (Lipinski definition) is 4. The van der Waals surface area contributed by atoms with Crippen LogP contribution in [0.1, 0.15) is 37.3 Å². The molecule has 3 rings (SSSR count). The van der Waals surface area contributed by atoms with Crippen molar-refractivity contribution >= 4 is 40.9 Å². The summed E-state index contributed by atoms with van der Waals surface area (Å²) in [7, 11) is 2.80. The van der Waals surface area contributed by atoms with Crippen molar-refractivity contribution in [1.82, 2.24) is 9.80 Å². The van der Waals surface area contributed by atoms with Crippen molar-refractivity contribution in [2.75, 3.05) is 40.4 Å². The second kappa shape index (κ2) is 12.0. The second-order valence-electron chi connectivity index (χ2n) is 8.38. The number of alkyl halides is 4. The standard InChI is InChI=1S/C25H32F3IN2O4/c1-4-30(24(33)31-11-5-6-12-31)17-19-13-20(9-10-29(16-19)25(26,27)28)21-14-18(15-23(32)35-3)7-8-22(21)34-2/h7-10,14,16,29H,4-6,11-13,15,17H2,1-3H3. The number of ether oxygens (including phenoxy) is 2. The molecule has 10 heteroatoms. The minimum atomic E-state index is -4.28. The van der Waals surface area contributed by atoms with Crippen LogP contribution in [0.25, 0.3) is 5.57 Å². The first kappa shape index (κ1) is 27.2. The normalized spacial score (nSPS) is 19.3. The maximum atomic E-state index is 13.8. The molecule has 2 heterocycles. The topological polar surface area (TPSA) is 59.1 Å². The van der Waals surface area contributed by atoms with Gasteiger partial charge in [-0.3, -0.25) is 0 Å². The quantitative estimate of drug-likeness (QED) is 0.243. The number of hydrogen-bond donors (Lipinski definition) is 0. The Morgan fingerprint density at radius 2 is 1.89 bits per heavy atom. The zero-order chi connectivity index (χ0) is 25.6. The third-order valence-electron chi connectivity index (χ3n) is 6.00. The summed E-state index contributed by atoms with van der Waals surface area (Å²) in [5, 5.41) is 0. The Hall–Kier alpha value is -2.37. The molecule has 0 aliphatic carbocycles. The molecule has 0 spiro atoms. The van der Waals surface area contributed by atoms with Crippen LogP contribution in [0.15, 0.2) is 33.9 Å². The van der Waals surface area contributed by atoms with Crippen molar-refractivity contribution in [2.24, 2.45) is 0 Å². The zero-order valence-corrected chi connectivity index (χ0v) is 22.5. The fourth-order valence-corrected chi connectivity index (χ4v) is 7.57. The van der Waals surface area contributed by atoms with E-state index in [1.807, 2.05) is 6.92 Å². The van der Waals surface area contributed by atoms with E-state index < -0.39 is 29.5 Å². The number of rotatable bonds is 7. The molecular weight excluding hydrogens is 576 g/mol. The number of methoxy groups -OCH3 is 2. The molecule has 1 aromatic carbocycles. The summed E-state index contributed by atoms with van der Waals surface area (Å²) in [6.45, 7) is 3.76. The molecular formula is C25H32F3IN2O4. The zero-order valence-electron chi connectivity index (χ0n) is 20.2. The van der Waals surface area contributed by atoms with Gasteiger partial charge in [0.2, 0.25) is 0 Å². The van der Waals surface area contributed by atoms with E-state index in [1.165, 1.54) is 22.3 Å². The van der Waals surface area contributed by atoms with E-state index in [2.05, 4.69) is 0 Å². The maximum absolute atomic E-state index is 13.8. The van der Waals surface area contributed by atoms with Crippen LogP contribution in [0.2, 0.25) is 0 Å². The van der Waals surface area contributed by atoms with Crippen LogP contribution in [-0.2, 0) is 16.0 Å². The number of likely N-dealkylation sites (tertiary alicyclic amines) is 1. The van der Waals surface area contributed by atoms with Crippen LogP contribution in [0.5, 0.6) is 5.75 Å². The van der Waals surface area contributed by atoms with Crippen molar-refractivity contribution in [3.8, 4) is 5.75 Å². The van der Waals surface area contributed by atoms with Crippen molar-refractivity contribution in [1.29, 1.82) is 0 Å². The molecule has 0 saturated carbocycles. The van der Waals surface area contributed by atoms with E-state index in [0.29, 0.717) is 47.7 Å². The number of esters is 1. The molecule has 35 heavy (non-hydrogen) atoms. The van der Waals surface area contributed by atoms with Gasteiger partial charge in [0, 0.05) is 0 Å². The number of nitrogens with zero attached hydrogens (tertiary/aromatic N) is 2. The summed E-state index contributed by atoms with van der Waals surface area (Å²) in [5.41, 5.74) is 2.55. The van der Waals surface area contributed by atoms with Crippen molar-refractivity contribution in [2.45, 2.75) is 36.8 Å². The number of allylic oxidation sites excluding steroid dienone is 2. The summed E-state index contributed by atoms with van der Waals surface area (Å²) in [4.78, 5) is 28.1. The Morgan fingerprint density at radius 1 is 1.17 bits per heavy atom. The van der Waals surface area contributed by atoms with Gasteiger partial charge in [0.15, 0.2) is 0 Å². The van der Waals surface area contributed by atoms with Crippen molar-refractivity contribution in [3.63, 3.8) is 0 Å². The van der Waals surface area contributed by atoms with Gasteiger partial charge in [-0.05, 0) is 0 Å². The summed E-state index contributed by atoms with van der Waals surface area (Å²) < 4.78 is 50.2. The molecule has 1 saturated heterocycles. The third kappa shape index (κ3) is 7.08. The number of benzene rings is 1. The van der Waals surface area contributed by atoms with Crippen LogP contribution in [0, 0.1) is 0 Å². The molecule has 2 aliphatic heterocycles. The molecule has 0 N–H and O–H groups in total. The van der Waals surface area contributed by atoms with Gasteiger partial charge in [0.05, 0.1) is 0 Å². The molecule has 0 aromatic heterocycles. The van der Waals surface area contributed by atoms with Gasteiger partial charge in [-0.25, -0.2) is 0 Å². The van der Waals surface area contributed by atoms with E-state index in [1.54, 1.807) is 34.1 Å². The summed E-state index contributed by atoms with van der Waals surface area (Å²) in [6.07, 6.45) is 3.74. The van der Waals surface area contributed by atoms with Crippen molar-refractivity contribution in [3.05, 3.63) is 45.1 Å². The molecule has 6 nitrogen and oxygen atoms in total. The van der Waals surface area contributed by atoms with Gasteiger partial charge in [-0.15, -0.1) is 0 Å². The van der Waals surface area contributed by atoms with E-state index in [4.69, 9.17) is 9.47 Å². The van der Waals surface area contributed by atoms with E-state index in [0.717, 1.165) is 12.8 Å². The molecule has 1 atom stereocenters. The summed E-state index contributed by atoms with van der Waals surface area (Å²) in [5.74, 6) is 0.0993. The van der Waals surface area contributed by atoms with Crippen LogP contribution < -0.4 is 4.74 Å². The first-order valence-corrected chi connectivity index (χ1v) is 15.3. The molecule has 2 aliphatic rings. The Balaban J connectivity index is 1.96. The molecule has 1 fully saturated rings. The molecule has 0 radical (unpaired) electrons. The van der Waals surface area contributed by atoms with Gasteiger partial charge in [0.1, 0.15) is 0 Å². The second-order valence-corrected chi connectivity index (χ2v) is 13.3. The van der Waals surface area contributed by atoms with Gasteiger partial charge >= 0.3 is 211 Å². The number of halogens is 4. The molecule has 0 bridgehead atoms. The first-order valence-electron chi connectivity index (χ1n) is 11.5. The first-order chi connectivity index (χ1) is 16.7. The number of urea groups is 1. The summed E-state index contributed by atoms with van der Waals surface area (Å²) in [6, 6.07) is 5.08. The van der Waals surface area contributed by atoms with Crippen molar-refractivity contribution < 1.29 is 32.2 Å². The Morgan fingerprint density at radius 3 is 2.49 bits per heavy atom. The Kier molecular flexibility index (Phi) is 9.37. The minimum absolute atomic E-state index is 0.0447. The van der Waals surface area contributed by atoms with Gasteiger partial charge < -0.3 is 0 Å². The van der Waals surface area contributed by atoms with Gasteiger partial charge in [-0.2, -0.15) is 0 Å². The number of carbonyl (C=O) groups excluding carboxylic acids is 2. The van der Waals surface area contributed by atoms with Gasteiger partial charge in [-0.1, -0.05) is 0 Å². The fourth-order valence-electron chi connectivity index (χ4n) is 4.16. The van der Waals surface area contributed by atoms with Gasteiger partial charge in [0.25, 0.3) is 0 Å². The Labute approximate surface area is 210 Å². The van der Waals surface area contributed by atoms with E-state index >= 15 is 0 Å². The number of amides is 2. The van der Waals surface area contributed by atoms with Crippen LogP contribution in [-0.4, -0.2) is 70.4 Å². The monoisotopic (exact) mass is 608 g/mol. The number of likely N-dealkylation sites (N-methyl/N-ethyl adjacent to an activating group) is 1. The molecule has 194 valence electrons. The van der Waals surface area contributed by atoms with Crippen LogP contribution in [0.3, 0.4) is 0 Å². The molecule has 1 unspecified atom stereocenters. The van der Waals surface area contributed by atoms with E-state index in [-0.39, 0.29) is 25.4 Å². The predicted octanol–water partition coefficient (Wildman–Crippen LogP) is 5.18. The third-order valence-corrected chi connectivity index (χ3v) is 10.4. The van der Waals surface area contributed by atoms with Crippen LogP contribution >= 0.6 is 19.3 Å². The average molecular weight is 608 g/mol. The molecule has 1 aromatic rings. The number of carbonyl (C=O) groups is 2. The van der Waals surface area contributed by atoms with Crippen LogP contribution in [0.4, 0.5) is 18.0 Å². The average Bonchev–Trinajstić information content (AvgIpc) is 3.28. The Bertz CT molecular complexity index is 1040.